The van der Waals surface area contributed by atoms with Crippen molar-refractivity contribution in [2.75, 3.05) is 39.3 Å². The van der Waals surface area contributed by atoms with Crippen LogP contribution >= 0.6 is 0 Å². The standard InChI is InChI=1S/C15H27N4O.Zn/c20-14-13-15(5-2-1-3-6-15)19-12-10-17-8-4-7-16-9-11-18-14;/h1-13H2,(H,18,20);/q-3;/p-1. The third kappa shape index (κ3) is 7.18. The molecule has 0 radical (unpaired) electrons. The van der Waals surface area contributed by atoms with Crippen molar-refractivity contribution in [3.05, 3.63) is 21.3 Å². The van der Waals surface area contributed by atoms with E-state index in [4.69, 9.17) is 5.32 Å². The Morgan fingerprint density at radius 3 is 2.14 bits per heavy atom. The Morgan fingerprint density at radius 2 is 1.43 bits per heavy atom. The van der Waals surface area contributed by atoms with Gasteiger partial charge in [0.15, 0.2) is 0 Å². The van der Waals surface area contributed by atoms with E-state index >= 15 is 0 Å². The van der Waals surface area contributed by atoms with Crippen LogP contribution in [0.3, 0.4) is 0 Å². The quantitative estimate of drug-likeness (QED) is 0.620. The van der Waals surface area contributed by atoms with Crippen LogP contribution in [-0.2, 0) is 24.3 Å². The summed E-state index contributed by atoms with van der Waals surface area (Å²) in [6, 6.07) is 0. The van der Waals surface area contributed by atoms with Crippen LogP contribution in [-0.4, -0.2) is 50.7 Å². The van der Waals surface area contributed by atoms with Crippen LogP contribution < -0.4 is 0 Å². The fraction of sp³-hybridized carbons (Fsp3) is 0.933. The second kappa shape index (κ2) is 10.7. The van der Waals surface area contributed by atoms with Crippen molar-refractivity contribution in [1.82, 2.24) is 0 Å². The first kappa shape index (κ1) is 19.0. The normalized spacial score (nSPS) is 25.4. The van der Waals surface area contributed by atoms with Crippen LogP contribution in [0.2, 0.25) is 0 Å². The van der Waals surface area contributed by atoms with Gasteiger partial charge in [-0.15, -0.1) is 12.1 Å². The molecule has 1 aliphatic heterocycles. The van der Waals surface area contributed by atoms with Crippen molar-refractivity contribution in [1.29, 1.82) is 0 Å². The molecule has 0 N–H and O–H groups in total. The summed E-state index contributed by atoms with van der Waals surface area (Å²) in [5.74, 6) is 0.0137. The molecule has 0 aromatic carbocycles. The Hall–Kier alpha value is -0.0266. The summed E-state index contributed by atoms with van der Waals surface area (Å²) < 4.78 is 0. The number of amides is 1. The molecule has 1 saturated heterocycles. The van der Waals surface area contributed by atoms with Crippen molar-refractivity contribution in [3.8, 4) is 0 Å². The minimum absolute atomic E-state index is 0. The van der Waals surface area contributed by atoms with Crippen molar-refractivity contribution in [2.24, 2.45) is 0 Å². The zero-order chi connectivity index (χ0) is 14.1. The molecular weight excluding hydrogens is 318 g/mol. The maximum Gasteiger partial charge on any atom is 0.0499 e. The van der Waals surface area contributed by atoms with E-state index in [1.165, 1.54) is 19.3 Å². The first-order valence-electron chi connectivity index (χ1n) is 7.96. The van der Waals surface area contributed by atoms with Gasteiger partial charge >= 0.3 is 0 Å². The van der Waals surface area contributed by atoms with Crippen LogP contribution in [0, 0.1) is 0 Å². The van der Waals surface area contributed by atoms with E-state index in [2.05, 4.69) is 16.0 Å². The van der Waals surface area contributed by atoms with E-state index in [1.54, 1.807) is 0 Å². The van der Waals surface area contributed by atoms with Gasteiger partial charge < -0.3 is 26.1 Å². The van der Waals surface area contributed by atoms with Gasteiger partial charge in [0.2, 0.25) is 0 Å². The van der Waals surface area contributed by atoms with Gasteiger partial charge in [0.05, 0.1) is 0 Å². The molecule has 118 valence electrons. The Morgan fingerprint density at radius 1 is 0.762 bits per heavy atom. The maximum atomic E-state index is 12.0. The monoisotopic (exact) mass is 342 g/mol. The molecule has 2 aliphatic rings. The van der Waals surface area contributed by atoms with Crippen LogP contribution in [0.4, 0.5) is 0 Å². The van der Waals surface area contributed by atoms with E-state index in [1.807, 2.05) is 0 Å². The first-order valence-corrected chi connectivity index (χ1v) is 7.96. The van der Waals surface area contributed by atoms with Crippen molar-refractivity contribution >= 4 is 5.91 Å². The summed E-state index contributed by atoms with van der Waals surface area (Å²) in [6.45, 7) is 4.44. The van der Waals surface area contributed by atoms with Gasteiger partial charge in [0.1, 0.15) is 0 Å². The van der Waals surface area contributed by atoms with E-state index in [0.29, 0.717) is 19.5 Å². The molecule has 0 atom stereocenters. The van der Waals surface area contributed by atoms with Gasteiger partial charge in [-0.2, -0.15) is 32.7 Å². The number of hydrogen-bond acceptors (Lipinski definition) is 1. The third-order valence-electron chi connectivity index (χ3n) is 4.15. The van der Waals surface area contributed by atoms with Crippen LogP contribution in [0.1, 0.15) is 44.9 Å². The molecule has 0 aromatic heterocycles. The molecule has 6 heteroatoms. The Kier molecular flexibility index (Phi) is 9.65. The molecule has 1 heterocycles. The SMILES string of the molecule is O=C1CC2(CCCCC2)[N-]CC[N-]CCC[N-]CC[N-]1.[Zn]. The third-order valence-corrected chi connectivity index (χ3v) is 4.15. The summed E-state index contributed by atoms with van der Waals surface area (Å²) in [5.41, 5.74) is -0.143. The summed E-state index contributed by atoms with van der Waals surface area (Å²) in [5, 5.41) is 17.9. The Balaban J connectivity index is 0.00000220. The zero-order valence-electron chi connectivity index (χ0n) is 13.1. The first-order chi connectivity index (χ1) is 9.81. The molecule has 0 unspecified atom stereocenters. The second-order valence-corrected chi connectivity index (χ2v) is 5.81. The molecule has 0 aromatic rings. The van der Waals surface area contributed by atoms with Gasteiger partial charge in [-0.25, -0.2) is 0 Å². The van der Waals surface area contributed by atoms with Crippen LogP contribution in [0.5, 0.6) is 0 Å². The van der Waals surface area contributed by atoms with E-state index in [0.717, 1.165) is 45.4 Å². The largest absolute Gasteiger partial charge is 0.664 e. The number of carbonyl (C=O) groups is 1. The molecule has 21 heavy (non-hydrogen) atoms. The Bertz CT molecular complexity index is 295. The maximum absolute atomic E-state index is 12.0. The Labute approximate surface area is 141 Å². The van der Waals surface area contributed by atoms with Crippen molar-refractivity contribution in [2.45, 2.75) is 50.5 Å². The van der Waals surface area contributed by atoms with Gasteiger partial charge in [-0.3, -0.25) is 0 Å². The average molecular weight is 344 g/mol. The molecule has 1 aliphatic carbocycles. The number of carbonyl (C=O) groups excluding carboxylic acids is 1. The van der Waals surface area contributed by atoms with Crippen LogP contribution in [0.15, 0.2) is 0 Å². The smallest absolute Gasteiger partial charge is 0.0499 e. The van der Waals surface area contributed by atoms with Gasteiger partial charge in [-0.05, 0) is 6.42 Å². The molecule has 2 rings (SSSR count). The predicted octanol–water partition coefficient (Wildman–Crippen LogP) is 3.50. The molecule has 5 nitrogen and oxygen atoms in total. The average Bonchev–Trinajstić information content (AvgIpc) is 2.45. The summed E-state index contributed by atoms with van der Waals surface area (Å²) >= 11 is 0. The second-order valence-electron chi connectivity index (χ2n) is 5.81. The number of rotatable bonds is 0. The zero-order valence-corrected chi connectivity index (χ0v) is 16.1. The number of nitrogens with zero attached hydrogens (tertiary/aromatic N) is 4. The van der Waals surface area contributed by atoms with E-state index < -0.39 is 0 Å². The summed E-state index contributed by atoms with van der Waals surface area (Å²) in [7, 11) is 0. The summed E-state index contributed by atoms with van der Waals surface area (Å²) in [4.78, 5) is 12.0. The fourth-order valence-corrected chi connectivity index (χ4v) is 3.06. The molecule has 0 bridgehead atoms. The van der Waals surface area contributed by atoms with E-state index in [-0.39, 0.29) is 30.9 Å². The molecular formula is C15H26N4OZn-4. The van der Waals surface area contributed by atoms with Crippen molar-refractivity contribution < 1.29 is 24.3 Å². The number of hydrogen-bond donors (Lipinski definition) is 0. The van der Waals surface area contributed by atoms with E-state index in [9.17, 15) is 4.79 Å². The fourth-order valence-electron chi connectivity index (χ4n) is 3.06. The topological polar surface area (TPSA) is 73.5 Å². The van der Waals surface area contributed by atoms with Gasteiger partial charge in [-0.1, -0.05) is 38.5 Å². The summed E-state index contributed by atoms with van der Waals surface area (Å²) in [6.07, 6.45) is 7.21. The molecule has 1 amide bonds. The minimum Gasteiger partial charge on any atom is -0.664 e. The predicted molar refractivity (Wildman–Crippen MR) is 82.7 cm³/mol. The van der Waals surface area contributed by atoms with Gasteiger partial charge in [0, 0.05) is 25.4 Å². The van der Waals surface area contributed by atoms with Gasteiger partial charge in [0.25, 0.3) is 0 Å². The molecule has 1 spiro atoms. The minimum atomic E-state index is -0.143. The van der Waals surface area contributed by atoms with Crippen molar-refractivity contribution in [3.63, 3.8) is 0 Å². The van der Waals surface area contributed by atoms with Crippen LogP contribution in [0.25, 0.3) is 21.3 Å². The molecule has 2 fully saturated rings. The molecule has 1 saturated carbocycles.